The van der Waals surface area contributed by atoms with Gasteiger partial charge >= 0.3 is 6.03 Å². The summed E-state index contributed by atoms with van der Waals surface area (Å²) in [7, 11) is 0. The number of anilines is 2. The fourth-order valence-electron chi connectivity index (χ4n) is 2.87. The van der Waals surface area contributed by atoms with Crippen molar-refractivity contribution in [3.63, 3.8) is 0 Å². The number of benzene rings is 2. The van der Waals surface area contributed by atoms with Crippen LogP contribution in [0.15, 0.2) is 60.8 Å². The maximum Gasteiger partial charge on any atom is 0.324 e. The summed E-state index contributed by atoms with van der Waals surface area (Å²) in [6.45, 7) is 6.67. The Labute approximate surface area is 176 Å². The van der Waals surface area contributed by atoms with Gasteiger partial charge in [0.25, 0.3) is 5.91 Å². The smallest absolute Gasteiger partial charge is 0.324 e. The Bertz CT molecular complexity index is 1010. The number of aryl methyl sites for hydroxylation is 1. The van der Waals surface area contributed by atoms with Crippen molar-refractivity contribution in [2.45, 2.75) is 39.8 Å². The SMILES string of the molecule is CCC(C)NC(=O)c1ccc(NC(=O)Nc2ccn(Cc3ccccc3C)n2)cc1. The van der Waals surface area contributed by atoms with Gasteiger partial charge in [-0.25, -0.2) is 4.79 Å². The van der Waals surface area contributed by atoms with E-state index in [4.69, 9.17) is 0 Å². The van der Waals surface area contributed by atoms with E-state index in [1.165, 1.54) is 11.1 Å². The predicted molar refractivity (Wildman–Crippen MR) is 119 cm³/mol. The molecule has 0 aliphatic carbocycles. The first-order valence-corrected chi connectivity index (χ1v) is 10.0. The average Bonchev–Trinajstić information content (AvgIpc) is 3.16. The molecular formula is C23H27N5O2. The average molecular weight is 406 g/mol. The van der Waals surface area contributed by atoms with Crippen LogP contribution in [-0.4, -0.2) is 27.8 Å². The van der Waals surface area contributed by atoms with E-state index >= 15 is 0 Å². The van der Waals surface area contributed by atoms with Gasteiger partial charge in [-0.3, -0.25) is 14.8 Å². The zero-order valence-corrected chi connectivity index (χ0v) is 17.5. The summed E-state index contributed by atoms with van der Waals surface area (Å²) in [5.41, 5.74) is 3.51. The summed E-state index contributed by atoms with van der Waals surface area (Å²) < 4.78 is 1.78. The maximum absolute atomic E-state index is 12.3. The molecule has 0 saturated carbocycles. The normalized spacial score (nSPS) is 11.6. The van der Waals surface area contributed by atoms with E-state index in [2.05, 4.69) is 40.1 Å². The number of carbonyl (C=O) groups is 2. The molecule has 0 saturated heterocycles. The highest BCUT2D eigenvalue weighted by Crippen LogP contribution is 2.13. The van der Waals surface area contributed by atoms with E-state index in [1.807, 2.05) is 32.2 Å². The summed E-state index contributed by atoms with van der Waals surface area (Å²) in [4.78, 5) is 24.4. The van der Waals surface area contributed by atoms with Crippen LogP contribution in [0.2, 0.25) is 0 Å². The second-order valence-electron chi connectivity index (χ2n) is 7.26. The first-order chi connectivity index (χ1) is 14.4. The lowest BCUT2D eigenvalue weighted by molar-refractivity contribution is 0.0939. The molecular weight excluding hydrogens is 378 g/mol. The molecule has 3 N–H and O–H groups in total. The fraction of sp³-hybridized carbons (Fsp3) is 0.261. The summed E-state index contributed by atoms with van der Waals surface area (Å²) >= 11 is 0. The zero-order valence-electron chi connectivity index (χ0n) is 17.5. The third-order valence-electron chi connectivity index (χ3n) is 4.87. The molecule has 0 radical (unpaired) electrons. The lowest BCUT2D eigenvalue weighted by atomic mass is 10.1. The molecule has 3 aromatic rings. The molecule has 3 amide bonds. The first kappa shape index (κ1) is 21.1. The number of rotatable bonds is 7. The van der Waals surface area contributed by atoms with Crippen LogP contribution in [0.4, 0.5) is 16.3 Å². The molecule has 1 heterocycles. The number of nitrogens with zero attached hydrogens (tertiary/aromatic N) is 2. The van der Waals surface area contributed by atoms with E-state index in [9.17, 15) is 9.59 Å². The molecule has 30 heavy (non-hydrogen) atoms. The van der Waals surface area contributed by atoms with Gasteiger partial charge in [0.15, 0.2) is 5.82 Å². The van der Waals surface area contributed by atoms with E-state index in [-0.39, 0.29) is 11.9 Å². The van der Waals surface area contributed by atoms with Crippen molar-refractivity contribution in [1.82, 2.24) is 15.1 Å². The second kappa shape index (κ2) is 9.73. The Morgan fingerprint density at radius 1 is 1.03 bits per heavy atom. The molecule has 0 fully saturated rings. The Morgan fingerprint density at radius 3 is 2.47 bits per heavy atom. The van der Waals surface area contributed by atoms with E-state index in [0.717, 1.165) is 6.42 Å². The van der Waals surface area contributed by atoms with Gasteiger partial charge in [0, 0.05) is 29.6 Å². The van der Waals surface area contributed by atoms with Gasteiger partial charge in [-0.2, -0.15) is 5.10 Å². The van der Waals surface area contributed by atoms with Crippen molar-refractivity contribution in [3.8, 4) is 0 Å². The molecule has 2 aromatic carbocycles. The highest BCUT2D eigenvalue weighted by Gasteiger charge is 2.10. The molecule has 7 heteroatoms. The Balaban J connectivity index is 1.54. The van der Waals surface area contributed by atoms with Crippen LogP contribution in [0, 0.1) is 6.92 Å². The van der Waals surface area contributed by atoms with Crippen molar-refractivity contribution in [2.24, 2.45) is 0 Å². The van der Waals surface area contributed by atoms with Gasteiger partial charge in [0.1, 0.15) is 0 Å². The van der Waals surface area contributed by atoms with Crippen molar-refractivity contribution in [3.05, 3.63) is 77.5 Å². The number of carbonyl (C=O) groups excluding carboxylic acids is 2. The number of hydrogen-bond acceptors (Lipinski definition) is 3. The van der Waals surface area contributed by atoms with Gasteiger partial charge in [-0.05, 0) is 55.7 Å². The summed E-state index contributed by atoms with van der Waals surface area (Å²) in [6, 6.07) is 16.4. The number of amides is 3. The van der Waals surface area contributed by atoms with Crippen LogP contribution < -0.4 is 16.0 Å². The number of aromatic nitrogens is 2. The fourth-order valence-corrected chi connectivity index (χ4v) is 2.87. The molecule has 3 rings (SSSR count). The quantitative estimate of drug-likeness (QED) is 0.544. The van der Waals surface area contributed by atoms with E-state index in [0.29, 0.717) is 23.6 Å². The van der Waals surface area contributed by atoms with Crippen molar-refractivity contribution < 1.29 is 9.59 Å². The Hall–Kier alpha value is -3.61. The van der Waals surface area contributed by atoms with Gasteiger partial charge in [-0.15, -0.1) is 0 Å². The van der Waals surface area contributed by atoms with Crippen LogP contribution in [0.3, 0.4) is 0 Å². The number of nitrogens with one attached hydrogen (secondary N) is 3. The first-order valence-electron chi connectivity index (χ1n) is 10.0. The van der Waals surface area contributed by atoms with Crippen LogP contribution in [-0.2, 0) is 6.54 Å². The number of hydrogen-bond donors (Lipinski definition) is 3. The Morgan fingerprint density at radius 2 is 1.77 bits per heavy atom. The Kier molecular flexibility index (Phi) is 6.85. The monoisotopic (exact) mass is 405 g/mol. The van der Waals surface area contributed by atoms with Gasteiger partial charge in [0.2, 0.25) is 0 Å². The third kappa shape index (κ3) is 5.70. The zero-order chi connectivity index (χ0) is 21.5. The standard InChI is InChI=1S/C23H27N5O2/c1-4-17(3)24-22(29)18-9-11-20(12-10-18)25-23(30)26-21-13-14-28(27-21)15-19-8-6-5-7-16(19)2/h5-14,17H,4,15H2,1-3H3,(H,24,29)(H2,25,26,27,30). The summed E-state index contributed by atoms with van der Waals surface area (Å²) in [5, 5.41) is 12.8. The molecule has 7 nitrogen and oxygen atoms in total. The van der Waals surface area contributed by atoms with Gasteiger partial charge < -0.3 is 10.6 Å². The van der Waals surface area contributed by atoms with E-state index < -0.39 is 6.03 Å². The predicted octanol–water partition coefficient (Wildman–Crippen LogP) is 4.41. The minimum absolute atomic E-state index is 0.117. The highest BCUT2D eigenvalue weighted by molar-refractivity contribution is 6.00. The van der Waals surface area contributed by atoms with Crippen molar-refractivity contribution in [1.29, 1.82) is 0 Å². The van der Waals surface area contributed by atoms with Gasteiger partial charge in [0.05, 0.1) is 6.54 Å². The van der Waals surface area contributed by atoms with Crippen LogP contribution in [0.1, 0.15) is 41.8 Å². The lowest BCUT2D eigenvalue weighted by Crippen LogP contribution is -2.31. The molecule has 156 valence electrons. The summed E-state index contributed by atoms with van der Waals surface area (Å²) in [5.74, 6) is 0.338. The molecule has 0 aliphatic heterocycles. The van der Waals surface area contributed by atoms with Crippen LogP contribution in [0.5, 0.6) is 0 Å². The molecule has 1 aromatic heterocycles. The maximum atomic E-state index is 12.3. The van der Waals surface area contributed by atoms with Gasteiger partial charge in [-0.1, -0.05) is 31.2 Å². The number of urea groups is 1. The highest BCUT2D eigenvalue weighted by atomic mass is 16.2. The molecule has 1 unspecified atom stereocenters. The minimum atomic E-state index is -0.395. The molecule has 0 aliphatic rings. The van der Waals surface area contributed by atoms with Crippen LogP contribution in [0.25, 0.3) is 0 Å². The second-order valence-corrected chi connectivity index (χ2v) is 7.26. The lowest BCUT2D eigenvalue weighted by Gasteiger charge is -2.12. The summed E-state index contributed by atoms with van der Waals surface area (Å²) in [6.07, 6.45) is 2.69. The minimum Gasteiger partial charge on any atom is -0.350 e. The van der Waals surface area contributed by atoms with Crippen LogP contribution >= 0.6 is 0 Å². The molecule has 1 atom stereocenters. The third-order valence-corrected chi connectivity index (χ3v) is 4.87. The van der Waals surface area contributed by atoms with E-state index in [1.54, 1.807) is 35.0 Å². The van der Waals surface area contributed by atoms with Crippen molar-refractivity contribution in [2.75, 3.05) is 10.6 Å². The largest absolute Gasteiger partial charge is 0.350 e. The molecule has 0 spiro atoms. The van der Waals surface area contributed by atoms with Crippen molar-refractivity contribution >= 4 is 23.4 Å². The topological polar surface area (TPSA) is 88.0 Å². The molecule has 0 bridgehead atoms.